The molecule has 0 aromatic heterocycles. The summed E-state index contributed by atoms with van der Waals surface area (Å²) in [6, 6.07) is -1.42. The summed E-state index contributed by atoms with van der Waals surface area (Å²) in [5.41, 5.74) is 0. The summed E-state index contributed by atoms with van der Waals surface area (Å²) in [7, 11) is 6.69. The van der Waals surface area contributed by atoms with Gasteiger partial charge in [0.1, 0.15) is 17.9 Å². The molecule has 0 spiro atoms. The van der Waals surface area contributed by atoms with Crippen LogP contribution in [0.15, 0.2) is 0 Å². The Hall–Kier alpha value is -1.05. The number of carboxylic acids is 2. The first kappa shape index (κ1) is 34.2. The lowest BCUT2D eigenvalue weighted by Crippen LogP contribution is -2.43. The number of amides is 2. The number of aliphatic carboxylic acids is 2. The van der Waals surface area contributed by atoms with Gasteiger partial charge in [-0.1, -0.05) is 63.4 Å². The standard InChI is InChI=1S/C26H42N2O7S4/c1-17(23(30)27-12-6-10-21(27)25(32)33)14-36-37-16-20(9-5-4-8-19(3)29)39-38-15-18(2)24(31)28-13-7-11-22(28)26(34)35/h17-18,20-22H,4-16H2,1-3H3,(H,32,33)(H,34,35). The topological polar surface area (TPSA) is 132 Å². The number of unbranched alkanes of at least 4 members (excludes halogenated alkanes) is 1. The smallest absolute Gasteiger partial charge is 0.326 e. The fourth-order valence-electron chi connectivity index (χ4n) is 4.70. The maximum absolute atomic E-state index is 12.8. The Balaban J connectivity index is 1.78. The van der Waals surface area contributed by atoms with Crippen LogP contribution in [-0.2, 0) is 24.0 Å². The number of carbonyl (C=O) groups excluding carboxylic acids is 3. The lowest BCUT2D eigenvalue weighted by atomic mass is 10.1. The summed E-state index contributed by atoms with van der Waals surface area (Å²) < 4.78 is 0. The van der Waals surface area contributed by atoms with E-state index in [0.717, 1.165) is 37.9 Å². The van der Waals surface area contributed by atoms with Crippen LogP contribution in [0.3, 0.4) is 0 Å². The Morgan fingerprint density at radius 3 is 1.74 bits per heavy atom. The van der Waals surface area contributed by atoms with E-state index >= 15 is 0 Å². The van der Waals surface area contributed by atoms with E-state index in [4.69, 9.17) is 0 Å². The summed E-state index contributed by atoms with van der Waals surface area (Å²) in [6.07, 6.45) is 5.76. The van der Waals surface area contributed by atoms with E-state index in [1.54, 1.807) is 50.1 Å². The molecular formula is C26H42N2O7S4. The van der Waals surface area contributed by atoms with Gasteiger partial charge in [0, 0.05) is 53.9 Å². The maximum Gasteiger partial charge on any atom is 0.326 e. The molecule has 2 saturated heterocycles. The first-order valence-electron chi connectivity index (χ1n) is 13.6. The predicted molar refractivity (Wildman–Crippen MR) is 161 cm³/mol. The zero-order chi connectivity index (χ0) is 28.9. The molecule has 0 saturated carbocycles. The zero-order valence-electron chi connectivity index (χ0n) is 23.0. The number of hydrogen-bond acceptors (Lipinski definition) is 9. The molecule has 2 heterocycles. The fourth-order valence-corrected chi connectivity index (χ4v) is 11.0. The molecule has 39 heavy (non-hydrogen) atoms. The summed E-state index contributed by atoms with van der Waals surface area (Å²) in [4.78, 5) is 62.8. The number of nitrogens with zero attached hydrogens (tertiary/aromatic N) is 2. The van der Waals surface area contributed by atoms with Crippen LogP contribution < -0.4 is 0 Å². The Bertz CT molecular complexity index is 862. The molecule has 5 atom stereocenters. The molecule has 13 heteroatoms. The third kappa shape index (κ3) is 11.4. The molecule has 0 bridgehead atoms. The molecule has 2 aliphatic heterocycles. The average molecular weight is 623 g/mol. The van der Waals surface area contributed by atoms with Gasteiger partial charge in [-0.25, -0.2) is 9.59 Å². The first-order chi connectivity index (χ1) is 18.5. The highest BCUT2D eigenvalue weighted by molar-refractivity contribution is 8.78. The quantitative estimate of drug-likeness (QED) is 0.163. The molecule has 9 nitrogen and oxygen atoms in total. The second-order valence-electron chi connectivity index (χ2n) is 10.4. The molecule has 0 radical (unpaired) electrons. The van der Waals surface area contributed by atoms with Gasteiger partial charge in [0.05, 0.1) is 0 Å². The van der Waals surface area contributed by atoms with Crippen LogP contribution in [0.2, 0.25) is 0 Å². The predicted octanol–water partition coefficient (Wildman–Crippen LogP) is 4.69. The van der Waals surface area contributed by atoms with Gasteiger partial charge in [-0.05, 0) is 45.4 Å². The number of carboxylic acid groups (broad SMARTS) is 2. The van der Waals surface area contributed by atoms with Crippen LogP contribution in [0, 0.1) is 11.8 Å². The molecule has 2 N–H and O–H groups in total. The van der Waals surface area contributed by atoms with Gasteiger partial charge in [0.15, 0.2) is 0 Å². The number of hydrogen-bond donors (Lipinski definition) is 2. The van der Waals surface area contributed by atoms with Crippen molar-refractivity contribution in [2.24, 2.45) is 11.8 Å². The molecular weight excluding hydrogens is 581 g/mol. The second kappa shape index (κ2) is 17.7. The minimum atomic E-state index is -0.937. The molecule has 2 rings (SSSR count). The number of likely N-dealkylation sites (tertiary alicyclic amines) is 2. The second-order valence-corrected chi connectivity index (χ2v) is 15.6. The molecule has 5 unspecified atom stereocenters. The van der Waals surface area contributed by atoms with Crippen molar-refractivity contribution < 1.29 is 34.2 Å². The van der Waals surface area contributed by atoms with Crippen molar-refractivity contribution in [3.05, 3.63) is 0 Å². The van der Waals surface area contributed by atoms with Crippen molar-refractivity contribution in [1.29, 1.82) is 0 Å². The van der Waals surface area contributed by atoms with Gasteiger partial charge in [-0.3, -0.25) is 9.59 Å². The van der Waals surface area contributed by atoms with Crippen molar-refractivity contribution in [3.8, 4) is 0 Å². The SMILES string of the molecule is CC(=O)CCCCC(CSSCC(C)C(=O)N1CCCC1C(=O)O)SSCC(C)C(=O)N1CCCC1C(=O)O. The molecule has 0 aliphatic carbocycles. The lowest BCUT2D eigenvalue weighted by molar-refractivity contribution is -0.149. The van der Waals surface area contributed by atoms with E-state index in [1.807, 2.05) is 13.8 Å². The first-order valence-corrected chi connectivity index (χ1v) is 18.5. The Morgan fingerprint density at radius 2 is 1.26 bits per heavy atom. The van der Waals surface area contributed by atoms with Gasteiger partial charge in [0.2, 0.25) is 11.8 Å². The number of ketones is 1. The summed E-state index contributed by atoms with van der Waals surface area (Å²) >= 11 is 0. The van der Waals surface area contributed by atoms with E-state index in [0.29, 0.717) is 49.1 Å². The molecule has 2 aliphatic rings. The average Bonchev–Trinajstić information content (AvgIpc) is 3.57. The Kier molecular flexibility index (Phi) is 15.5. The summed E-state index contributed by atoms with van der Waals surface area (Å²) in [5, 5.41) is 19.1. The molecule has 222 valence electrons. The number of carbonyl (C=O) groups is 5. The van der Waals surface area contributed by atoms with Crippen LogP contribution in [0.1, 0.15) is 72.1 Å². The Morgan fingerprint density at radius 1 is 0.769 bits per heavy atom. The van der Waals surface area contributed by atoms with Gasteiger partial charge in [0.25, 0.3) is 0 Å². The maximum atomic E-state index is 12.8. The molecule has 2 fully saturated rings. The molecule has 0 aromatic carbocycles. The van der Waals surface area contributed by atoms with Crippen molar-refractivity contribution in [2.75, 3.05) is 30.3 Å². The van der Waals surface area contributed by atoms with Crippen LogP contribution in [0.4, 0.5) is 0 Å². The van der Waals surface area contributed by atoms with Crippen LogP contribution in [0.25, 0.3) is 0 Å². The van der Waals surface area contributed by atoms with E-state index in [9.17, 15) is 34.2 Å². The lowest BCUT2D eigenvalue weighted by Gasteiger charge is -2.25. The highest BCUT2D eigenvalue weighted by Crippen LogP contribution is 2.37. The summed E-state index contributed by atoms with van der Waals surface area (Å²) in [6.45, 7) is 6.31. The molecule has 2 amide bonds. The van der Waals surface area contributed by atoms with Crippen LogP contribution in [-0.4, -0.2) is 97.2 Å². The normalized spacial score (nSPS) is 21.5. The van der Waals surface area contributed by atoms with Crippen LogP contribution >= 0.6 is 43.2 Å². The third-order valence-corrected chi connectivity index (χ3v) is 12.9. The van der Waals surface area contributed by atoms with Gasteiger partial charge >= 0.3 is 11.9 Å². The monoisotopic (exact) mass is 622 g/mol. The number of Topliss-reactive ketones (excluding diaryl/α,β-unsaturated/α-hetero) is 1. The van der Waals surface area contributed by atoms with Crippen LogP contribution in [0.5, 0.6) is 0 Å². The third-order valence-electron chi connectivity index (χ3n) is 6.97. The van der Waals surface area contributed by atoms with E-state index in [-0.39, 0.29) is 29.4 Å². The van der Waals surface area contributed by atoms with Crippen molar-refractivity contribution in [1.82, 2.24) is 9.80 Å². The molecule has 0 aromatic rings. The van der Waals surface area contributed by atoms with Crippen molar-refractivity contribution >= 4 is 72.7 Å². The minimum Gasteiger partial charge on any atom is -0.480 e. The Labute approximate surface area is 247 Å². The van der Waals surface area contributed by atoms with E-state index in [1.165, 1.54) is 9.80 Å². The van der Waals surface area contributed by atoms with Gasteiger partial charge in [-0.2, -0.15) is 0 Å². The van der Waals surface area contributed by atoms with E-state index in [2.05, 4.69) is 0 Å². The number of rotatable bonds is 18. The van der Waals surface area contributed by atoms with Gasteiger partial charge in [-0.15, -0.1) is 0 Å². The van der Waals surface area contributed by atoms with Gasteiger partial charge < -0.3 is 24.8 Å². The van der Waals surface area contributed by atoms with Crippen molar-refractivity contribution in [3.63, 3.8) is 0 Å². The highest BCUT2D eigenvalue weighted by atomic mass is 33.1. The minimum absolute atomic E-state index is 0.0968. The zero-order valence-corrected chi connectivity index (χ0v) is 26.3. The fraction of sp³-hybridized carbons (Fsp3) is 0.808. The van der Waals surface area contributed by atoms with E-state index < -0.39 is 24.0 Å². The summed E-state index contributed by atoms with van der Waals surface area (Å²) in [5.74, 6) is -0.356. The largest absolute Gasteiger partial charge is 0.480 e. The van der Waals surface area contributed by atoms with Crippen molar-refractivity contribution in [2.45, 2.75) is 89.5 Å². The highest BCUT2D eigenvalue weighted by Gasteiger charge is 2.37.